The SMILES string of the molecule is CCCCN=C(NCCc1ccco1)NC1CC1C. The lowest BCUT2D eigenvalue weighted by Crippen LogP contribution is -2.40. The van der Waals surface area contributed by atoms with Crippen LogP contribution in [0.4, 0.5) is 0 Å². The molecule has 1 heterocycles. The van der Waals surface area contributed by atoms with Crippen molar-refractivity contribution in [2.45, 2.75) is 45.6 Å². The molecular formula is C15H25N3O. The number of unbranched alkanes of at least 4 members (excludes halogenated alkanes) is 1. The quantitative estimate of drug-likeness (QED) is 0.451. The van der Waals surface area contributed by atoms with E-state index in [2.05, 4.69) is 29.5 Å². The molecule has 0 amide bonds. The van der Waals surface area contributed by atoms with Crippen LogP contribution in [0.5, 0.6) is 0 Å². The van der Waals surface area contributed by atoms with E-state index in [4.69, 9.17) is 4.42 Å². The molecule has 2 unspecified atom stereocenters. The molecule has 2 rings (SSSR count). The lowest BCUT2D eigenvalue weighted by atomic mass is 10.3. The van der Waals surface area contributed by atoms with E-state index in [1.807, 2.05) is 12.1 Å². The van der Waals surface area contributed by atoms with Gasteiger partial charge in [0.05, 0.1) is 6.26 Å². The molecule has 2 N–H and O–H groups in total. The number of hydrogen-bond acceptors (Lipinski definition) is 2. The highest BCUT2D eigenvalue weighted by molar-refractivity contribution is 5.80. The first-order valence-corrected chi connectivity index (χ1v) is 7.37. The van der Waals surface area contributed by atoms with Crippen LogP contribution >= 0.6 is 0 Å². The predicted octanol–water partition coefficient (Wildman–Crippen LogP) is 2.57. The van der Waals surface area contributed by atoms with Crippen LogP contribution in [0.25, 0.3) is 0 Å². The van der Waals surface area contributed by atoms with Gasteiger partial charge in [0.2, 0.25) is 0 Å². The van der Waals surface area contributed by atoms with Crippen molar-refractivity contribution in [3.63, 3.8) is 0 Å². The predicted molar refractivity (Wildman–Crippen MR) is 78.3 cm³/mol. The number of furan rings is 1. The van der Waals surface area contributed by atoms with Crippen LogP contribution in [0, 0.1) is 5.92 Å². The highest BCUT2D eigenvalue weighted by Crippen LogP contribution is 2.28. The Hall–Kier alpha value is -1.45. The molecule has 4 nitrogen and oxygen atoms in total. The van der Waals surface area contributed by atoms with E-state index in [0.29, 0.717) is 6.04 Å². The van der Waals surface area contributed by atoms with Crippen molar-refractivity contribution in [3.8, 4) is 0 Å². The molecule has 4 heteroatoms. The van der Waals surface area contributed by atoms with Crippen molar-refractivity contribution in [3.05, 3.63) is 24.2 Å². The Kier molecular flexibility index (Phi) is 5.31. The summed E-state index contributed by atoms with van der Waals surface area (Å²) in [6.07, 6.45) is 6.19. The molecule has 1 aromatic heterocycles. The Morgan fingerprint density at radius 2 is 2.37 bits per heavy atom. The third-order valence-electron chi connectivity index (χ3n) is 3.46. The van der Waals surface area contributed by atoms with Gasteiger partial charge in [0.1, 0.15) is 5.76 Å². The highest BCUT2D eigenvalue weighted by Gasteiger charge is 2.33. The summed E-state index contributed by atoms with van der Waals surface area (Å²) in [6, 6.07) is 4.54. The van der Waals surface area contributed by atoms with Gasteiger partial charge in [0.25, 0.3) is 0 Å². The van der Waals surface area contributed by atoms with Crippen LogP contribution in [0.1, 0.15) is 38.9 Å². The maximum atomic E-state index is 5.32. The van der Waals surface area contributed by atoms with Crippen molar-refractivity contribution in [2.24, 2.45) is 10.9 Å². The van der Waals surface area contributed by atoms with Crippen LogP contribution in [0.15, 0.2) is 27.8 Å². The van der Waals surface area contributed by atoms with E-state index < -0.39 is 0 Å². The van der Waals surface area contributed by atoms with Gasteiger partial charge in [-0.3, -0.25) is 4.99 Å². The standard InChI is InChI=1S/C15H25N3O/c1-3-4-8-16-15(18-14-11-12(14)2)17-9-7-13-6-5-10-19-13/h5-6,10,12,14H,3-4,7-9,11H2,1-2H3,(H2,16,17,18). The first kappa shape index (κ1) is 14.0. The average molecular weight is 263 g/mol. The molecule has 19 heavy (non-hydrogen) atoms. The molecule has 1 aromatic rings. The van der Waals surface area contributed by atoms with Gasteiger partial charge >= 0.3 is 0 Å². The smallest absolute Gasteiger partial charge is 0.191 e. The van der Waals surface area contributed by atoms with Crippen LogP contribution in [0.3, 0.4) is 0 Å². The Balaban J connectivity index is 1.73. The number of aliphatic imine (C=N–C) groups is 1. The molecule has 1 aliphatic carbocycles. The zero-order chi connectivity index (χ0) is 13.5. The van der Waals surface area contributed by atoms with Crippen molar-refractivity contribution < 1.29 is 4.42 Å². The fourth-order valence-electron chi connectivity index (χ4n) is 1.96. The van der Waals surface area contributed by atoms with E-state index in [1.54, 1.807) is 6.26 Å². The molecule has 0 aromatic carbocycles. The van der Waals surface area contributed by atoms with E-state index in [-0.39, 0.29) is 0 Å². The number of guanidine groups is 1. The second-order valence-electron chi connectivity index (χ2n) is 5.30. The third-order valence-corrected chi connectivity index (χ3v) is 3.46. The maximum Gasteiger partial charge on any atom is 0.191 e. The van der Waals surface area contributed by atoms with Crippen molar-refractivity contribution in [1.29, 1.82) is 0 Å². The average Bonchev–Trinajstić information content (AvgIpc) is 2.90. The largest absolute Gasteiger partial charge is 0.469 e. The van der Waals surface area contributed by atoms with E-state index in [0.717, 1.165) is 43.6 Å². The van der Waals surface area contributed by atoms with Gasteiger partial charge in [-0.2, -0.15) is 0 Å². The summed E-state index contributed by atoms with van der Waals surface area (Å²) in [4.78, 5) is 4.61. The minimum absolute atomic E-state index is 0.608. The van der Waals surface area contributed by atoms with Gasteiger partial charge in [-0.1, -0.05) is 20.3 Å². The Morgan fingerprint density at radius 1 is 1.53 bits per heavy atom. The normalized spacial score (nSPS) is 22.3. The van der Waals surface area contributed by atoms with Crippen LogP contribution in [-0.4, -0.2) is 25.1 Å². The summed E-state index contributed by atoms with van der Waals surface area (Å²) in [7, 11) is 0. The van der Waals surface area contributed by atoms with Gasteiger partial charge < -0.3 is 15.1 Å². The second-order valence-corrected chi connectivity index (χ2v) is 5.30. The second kappa shape index (κ2) is 7.22. The summed E-state index contributed by atoms with van der Waals surface area (Å²) in [6.45, 7) is 6.21. The van der Waals surface area contributed by atoms with Crippen molar-refractivity contribution in [1.82, 2.24) is 10.6 Å². The summed E-state index contributed by atoms with van der Waals surface area (Å²) >= 11 is 0. The Bertz CT molecular complexity index is 386. The van der Waals surface area contributed by atoms with Crippen LogP contribution in [-0.2, 0) is 6.42 Å². The first-order valence-electron chi connectivity index (χ1n) is 7.37. The molecular weight excluding hydrogens is 238 g/mol. The van der Waals surface area contributed by atoms with Gasteiger partial charge in [-0.05, 0) is 30.9 Å². The van der Waals surface area contributed by atoms with Crippen LogP contribution in [0.2, 0.25) is 0 Å². The summed E-state index contributed by atoms with van der Waals surface area (Å²) in [5.74, 6) is 2.75. The molecule has 0 saturated heterocycles. The number of hydrogen-bond donors (Lipinski definition) is 2. The Labute approximate surface area is 115 Å². The zero-order valence-corrected chi connectivity index (χ0v) is 12.0. The van der Waals surface area contributed by atoms with Crippen molar-refractivity contribution >= 4 is 5.96 Å². The lowest BCUT2D eigenvalue weighted by Gasteiger charge is -2.11. The van der Waals surface area contributed by atoms with E-state index in [1.165, 1.54) is 12.8 Å². The molecule has 0 radical (unpaired) electrons. The molecule has 1 aliphatic rings. The molecule has 2 atom stereocenters. The van der Waals surface area contributed by atoms with E-state index in [9.17, 15) is 0 Å². The zero-order valence-electron chi connectivity index (χ0n) is 12.0. The number of rotatable bonds is 7. The summed E-state index contributed by atoms with van der Waals surface area (Å²) in [5.41, 5.74) is 0. The van der Waals surface area contributed by atoms with Gasteiger partial charge in [0.15, 0.2) is 5.96 Å². The molecule has 0 bridgehead atoms. The monoisotopic (exact) mass is 263 g/mol. The Morgan fingerprint density at radius 3 is 3.00 bits per heavy atom. The van der Waals surface area contributed by atoms with Crippen molar-refractivity contribution in [2.75, 3.05) is 13.1 Å². The fraction of sp³-hybridized carbons (Fsp3) is 0.667. The first-order chi connectivity index (χ1) is 9.29. The topological polar surface area (TPSA) is 49.6 Å². The summed E-state index contributed by atoms with van der Waals surface area (Å²) in [5, 5.41) is 6.88. The minimum Gasteiger partial charge on any atom is -0.469 e. The maximum absolute atomic E-state index is 5.32. The number of nitrogens with zero attached hydrogens (tertiary/aromatic N) is 1. The van der Waals surface area contributed by atoms with Gasteiger partial charge in [-0.25, -0.2) is 0 Å². The fourth-order valence-corrected chi connectivity index (χ4v) is 1.96. The molecule has 1 saturated carbocycles. The molecule has 0 aliphatic heterocycles. The van der Waals surface area contributed by atoms with Crippen LogP contribution < -0.4 is 10.6 Å². The minimum atomic E-state index is 0.608. The van der Waals surface area contributed by atoms with E-state index >= 15 is 0 Å². The summed E-state index contributed by atoms with van der Waals surface area (Å²) < 4.78 is 5.32. The highest BCUT2D eigenvalue weighted by atomic mass is 16.3. The number of nitrogens with one attached hydrogen (secondary N) is 2. The third kappa shape index (κ3) is 4.97. The molecule has 106 valence electrons. The lowest BCUT2D eigenvalue weighted by molar-refractivity contribution is 0.506. The van der Waals surface area contributed by atoms with Gasteiger partial charge in [0, 0.05) is 25.6 Å². The molecule has 1 fully saturated rings. The van der Waals surface area contributed by atoms with Gasteiger partial charge in [-0.15, -0.1) is 0 Å². The molecule has 0 spiro atoms.